The van der Waals surface area contributed by atoms with Crippen LogP contribution in [0.3, 0.4) is 0 Å². The zero-order valence-corrected chi connectivity index (χ0v) is 9.42. The number of ether oxygens (including phenoxy) is 1. The Bertz CT molecular complexity index is 356. The highest BCUT2D eigenvalue weighted by Gasteiger charge is 2.50. The summed E-state index contributed by atoms with van der Waals surface area (Å²) in [5.74, 6) is 1.84. The Morgan fingerprint density at radius 2 is 2.07 bits per heavy atom. The third kappa shape index (κ3) is 1.23. The molecule has 0 amide bonds. The maximum absolute atomic E-state index is 5.44. The largest absolute Gasteiger partial charge is 0.496 e. The van der Waals surface area contributed by atoms with Gasteiger partial charge in [0.15, 0.2) is 0 Å². The van der Waals surface area contributed by atoms with E-state index in [-0.39, 0.29) is 0 Å². The van der Waals surface area contributed by atoms with Crippen molar-refractivity contribution in [2.75, 3.05) is 7.11 Å². The fourth-order valence-electron chi connectivity index (χ4n) is 2.47. The smallest absolute Gasteiger partial charge is 0.122 e. The summed E-state index contributed by atoms with van der Waals surface area (Å²) >= 11 is 0. The van der Waals surface area contributed by atoms with Crippen LogP contribution in [-0.4, -0.2) is 7.11 Å². The summed E-state index contributed by atoms with van der Waals surface area (Å²) in [6.45, 7) is 6.82. The molecule has 14 heavy (non-hydrogen) atoms. The molecule has 2 unspecified atom stereocenters. The van der Waals surface area contributed by atoms with Gasteiger partial charge in [0.05, 0.1) is 7.11 Å². The molecule has 1 nitrogen and oxygen atoms in total. The van der Waals surface area contributed by atoms with Gasteiger partial charge in [-0.25, -0.2) is 0 Å². The van der Waals surface area contributed by atoms with E-state index in [1.54, 1.807) is 7.11 Å². The lowest BCUT2D eigenvalue weighted by atomic mass is 9.91. The third-order valence-corrected chi connectivity index (χ3v) is 3.68. The van der Waals surface area contributed by atoms with Gasteiger partial charge in [0, 0.05) is 5.56 Å². The Labute approximate surface area is 86.1 Å². The molecule has 1 fully saturated rings. The summed E-state index contributed by atoms with van der Waals surface area (Å²) < 4.78 is 5.44. The maximum Gasteiger partial charge on any atom is 0.122 e. The summed E-state index contributed by atoms with van der Waals surface area (Å²) in [7, 11) is 1.76. The van der Waals surface area contributed by atoms with E-state index >= 15 is 0 Å². The molecule has 0 radical (unpaired) electrons. The SMILES string of the molecule is COc1cccc(C)c1C1(C)CC1C. The summed E-state index contributed by atoms with van der Waals surface area (Å²) in [6.07, 6.45) is 1.29. The van der Waals surface area contributed by atoms with Crippen molar-refractivity contribution in [3.63, 3.8) is 0 Å². The van der Waals surface area contributed by atoms with Gasteiger partial charge >= 0.3 is 0 Å². The molecule has 1 aliphatic carbocycles. The van der Waals surface area contributed by atoms with Crippen molar-refractivity contribution in [2.24, 2.45) is 5.92 Å². The molecule has 1 aliphatic rings. The van der Waals surface area contributed by atoms with Gasteiger partial charge in [0.2, 0.25) is 0 Å². The van der Waals surface area contributed by atoms with E-state index in [1.807, 2.05) is 0 Å². The minimum atomic E-state index is 0.358. The Balaban J connectivity index is 2.51. The second-order valence-electron chi connectivity index (χ2n) is 4.67. The van der Waals surface area contributed by atoms with Crippen LogP contribution >= 0.6 is 0 Å². The maximum atomic E-state index is 5.44. The first-order valence-electron chi connectivity index (χ1n) is 5.23. The van der Waals surface area contributed by atoms with Crippen molar-refractivity contribution in [1.29, 1.82) is 0 Å². The number of hydrogen-bond donors (Lipinski definition) is 0. The molecule has 1 aromatic rings. The molecule has 0 aromatic heterocycles. The predicted molar refractivity (Wildman–Crippen MR) is 58.9 cm³/mol. The van der Waals surface area contributed by atoms with Crippen LogP contribution in [0, 0.1) is 12.8 Å². The number of aryl methyl sites for hydroxylation is 1. The van der Waals surface area contributed by atoms with Crippen LogP contribution in [-0.2, 0) is 5.41 Å². The molecule has 0 spiro atoms. The normalized spacial score (nSPS) is 30.1. The van der Waals surface area contributed by atoms with Crippen molar-refractivity contribution >= 4 is 0 Å². The standard InChI is InChI=1S/C13H18O/c1-9-6-5-7-11(14-4)12(9)13(3)8-10(13)2/h5-7,10H,8H2,1-4H3. The molecule has 0 bridgehead atoms. The van der Waals surface area contributed by atoms with Gasteiger partial charge in [-0.3, -0.25) is 0 Å². The second kappa shape index (κ2) is 3.01. The molecular formula is C13H18O. The minimum absolute atomic E-state index is 0.358. The lowest BCUT2D eigenvalue weighted by molar-refractivity contribution is 0.403. The number of rotatable bonds is 2. The molecular weight excluding hydrogens is 172 g/mol. The average molecular weight is 190 g/mol. The van der Waals surface area contributed by atoms with Crippen molar-refractivity contribution in [3.05, 3.63) is 29.3 Å². The van der Waals surface area contributed by atoms with E-state index in [9.17, 15) is 0 Å². The van der Waals surface area contributed by atoms with E-state index in [1.165, 1.54) is 17.5 Å². The van der Waals surface area contributed by atoms with Crippen LogP contribution in [0.15, 0.2) is 18.2 Å². The van der Waals surface area contributed by atoms with Gasteiger partial charge < -0.3 is 4.74 Å². The molecule has 76 valence electrons. The minimum Gasteiger partial charge on any atom is -0.496 e. The van der Waals surface area contributed by atoms with E-state index in [4.69, 9.17) is 4.74 Å². The van der Waals surface area contributed by atoms with Gasteiger partial charge in [-0.2, -0.15) is 0 Å². The van der Waals surface area contributed by atoms with E-state index in [0.29, 0.717) is 5.41 Å². The Morgan fingerprint density at radius 1 is 1.43 bits per heavy atom. The van der Waals surface area contributed by atoms with Gasteiger partial charge in [0.1, 0.15) is 5.75 Å². The summed E-state index contributed by atoms with van der Waals surface area (Å²) in [5, 5.41) is 0. The number of methoxy groups -OCH3 is 1. The van der Waals surface area contributed by atoms with Crippen LogP contribution in [0.1, 0.15) is 31.4 Å². The lowest BCUT2D eigenvalue weighted by Crippen LogP contribution is -2.08. The molecule has 0 saturated heterocycles. The van der Waals surface area contributed by atoms with Crippen LogP contribution in [0.25, 0.3) is 0 Å². The van der Waals surface area contributed by atoms with Crippen molar-refractivity contribution < 1.29 is 4.74 Å². The first-order chi connectivity index (χ1) is 6.59. The summed E-state index contributed by atoms with van der Waals surface area (Å²) in [6, 6.07) is 6.31. The Morgan fingerprint density at radius 3 is 2.57 bits per heavy atom. The Kier molecular flexibility index (Phi) is 2.06. The zero-order chi connectivity index (χ0) is 10.3. The Hall–Kier alpha value is -0.980. The van der Waals surface area contributed by atoms with Crippen molar-refractivity contribution in [1.82, 2.24) is 0 Å². The highest BCUT2D eigenvalue weighted by atomic mass is 16.5. The lowest BCUT2D eigenvalue weighted by Gasteiger charge is -2.17. The number of benzene rings is 1. The number of hydrogen-bond acceptors (Lipinski definition) is 1. The molecule has 0 aliphatic heterocycles. The zero-order valence-electron chi connectivity index (χ0n) is 9.42. The van der Waals surface area contributed by atoms with Gasteiger partial charge in [-0.15, -0.1) is 0 Å². The average Bonchev–Trinajstić information content (AvgIpc) is 2.74. The molecule has 2 atom stereocenters. The fourth-order valence-corrected chi connectivity index (χ4v) is 2.47. The molecule has 0 N–H and O–H groups in total. The van der Waals surface area contributed by atoms with Crippen LogP contribution in [0.5, 0.6) is 5.75 Å². The van der Waals surface area contributed by atoms with Crippen LogP contribution in [0.4, 0.5) is 0 Å². The van der Waals surface area contributed by atoms with Crippen molar-refractivity contribution in [2.45, 2.75) is 32.6 Å². The van der Waals surface area contributed by atoms with Gasteiger partial charge in [-0.1, -0.05) is 26.0 Å². The van der Waals surface area contributed by atoms with E-state index < -0.39 is 0 Å². The van der Waals surface area contributed by atoms with E-state index in [2.05, 4.69) is 39.0 Å². The summed E-state index contributed by atoms with van der Waals surface area (Å²) in [5.41, 5.74) is 3.13. The van der Waals surface area contributed by atoms with Gasteiger partial charge in [0.25, 0.3) is 0 Å². The topological polar surface area (TPSA) is 9.23 Å². The molecule has 1 aromatic carbocycles. The second-order valence-corrected chi connectivity index (χ2v) is 4.67. The molecule has 2 rings (SSSR count). The van der Waals surface area contributed by atoms with Crippen LogP contribution in [0.2, 0.25) is 0 Å². The first-order valence-corrected chi connectivity index (χ1v) is 5.23. The monoisotopic (exact) mass is 190 g/mol. The first kappa shape index (κ1) is 9.57. The highest BCUT2D eigenvalue weighted by Crippen LogP contribution is 2.56. The van der Waals surface area contributed by atoms with Crippen LogP contribution < -0.4 is 4.74 Å². The van der Waals surface area contributed by atoms with E-state index in [0.717, 1.165) is 11.7 Å². The van der Waals surface area contributed by atoms with Crippen molar-refractivity contribution in [3.8, 4) is 5.75 Å². The predicted octanol–water partition coefficient (Wildman–Crippen LogP) is 3.30. The molecule has 1 saturated carbocycles. The van der Waals surface area contributed by atoms with Gasteiger partial charge in [-0.05, 0) is 36.3 Å². The molecule has 1 heteroatoms. The highest BCUT2D eigenvalue weighted by molar-refractivity contribution is 5.48. The quantitative estimate of drug-likeness (QED) is 0.695. The summed E-state index contributed by atoms with van der Waals surface area (Å²) in [4.78, 5) is 0. The third-order valence-electron chi connectivity index (χ3n) is 3.68. The molecule has 0 heterocycles. The fraction of sp³-hybridized carbons (Fsp3) is 0.538.